The molecule has 25 heavy (non-hydrogen) atoms. The Morgan fingerprint density at radius 1 is 1.04 bits per heavy atom. The summed E-state index contributed by atoms with van der Waals surface area (Å²) in [5.74, 6) is -2.66. The number of carboxylic acid groups (broad SMARTS) is 1. The van der Waals surface area contributed by atoms with Gasteiger partial charge in [-0.1, -0.05) is 18.2 Å². The van der Waals surface area contributed by atoms with E-state index in [9.17, 15) is 18.4 Å². The van der Waals surface area contributed by atoms with Gasteiger partial charge in [0.15, 0.2) is 0 Å². The number of carbonyl (C=O) groups excluding carboxylic acids is 1. The van der Waals surface area contributed by atoms with Crippen molar-refractivity contribution in [1.82, 2.24) is 5.32 Å². The van der Waals surface area contributed by atoms with Gasteiger partial charge in [-0.2, -0.15) is 0 Å². The van der Waals surface area contributed by atoms with Crippen molar-refractivity contribution in [2.45, 2.75) is 32.2 Å². The Bertz CT molecular complexity index is 786. The van der Waals surface area contributed by atoms with Crippen molar-refractivity contribution in [3.8, 4) is 11.1 Å². The molecule has 0 aromatic heterocycles. The SMILES string of the molecule is CC(C)(CCC(=O)O)NC(=O)c1ccc(-c2ccc(F)cc2)cc1F. The summed E-state index contributed by atoms with van der Waals surface area (Å²) in [6.45, 7) is 3.36. The van der Waals surface area contributed by atoms with E-state index in [1.54, 1.807) is 19.9 Å². The Kier molecular flexibility index (Phi) is 5.51. The van der Waals surface area contributed by atoms with Crippen LogP contribution in [0.25, 0.3) is 11.1 Å². The van der Waals surface area contributed by atoms with Crippen LogP contribution in [0.2, 0.25) is 0 Å². The highest BCUT2D eigenvalue weighted by molar-refractivity contribution is 5.95. The Labute approximate surface area is 144 Å². The van der Waals surface area contributed by atoms with Crippen LogP contribution in [-0.4, -0.2) is 22.5 Å². The second-order valence-electron chi connectivity index (χ2n) is 6.43. The van der Waals surface area contributed by atoms with Crippen LogP contribution in [0.4, 0.5) is 8.78 Å². The van der Waals surface area contributed by atoms with Crippen molar-refractivity contribution < 1.29 is 23.5 Å². The Balaban J connectivity index is 2.15. The largest absolute Gasteiger partial charge is 0.481 e. The van der Waals surface area contributed by atoms with Gasteiger partial charge in [-0.05, 0) is 55.7 Å². The van der Waals surface area contributed by atoms with E-state index in [-0.39, 0.29) is 24.2 Å². The van der Waals surface area contributed by atoms with Crippen LogP contribution in [0.1, 0.15) is 37.0 Å². The van der Waals surface area contributed by atoms with Gasteiger partial charge in [0, 0.05) is 12.0 Å². The quantitative estimate of drug-likeness (QED) is 0.830. The van der Waals surface area contributed by atoms with Gasteiger partial charge < -0.3 is 10.4 Å². The molecule has 0 aliphatic heterocycles. The van der Waals surface area contributed by atoms with E-state index >= 15 is 0 Å². The van der Waals surface area contributed by atoms with Gasteiger partial charge in [0.25, 0.3) is 5.91 Å². The standard InChI is InChI=1S/C19H19F2NO3/c1-19(2,10-9-17(23)24)22-18(25)15-8-5-13(11-16(15)21)12-3-6-14(20)7-4-12/h3-8,11H,9-10H2,1-2H3,(H,22,25)(H,23,24). The molecule has 0 aliphatic rings. The van der Waals surface area contributed by atoms with Crippen LogP contribution in [0, 0.1) is 11.6 Å². The third-order valence-corrected chi connectivity index (χ3v) is 3.81. The van der Waals surface area contributed by atoms with E-state index in [4.69, 9.17) is 5.11 Å². The predicted octanol–water partition coefficient (Wildman–Crippen LogP) is 4.01. The molecule has 0 saturated carbocycles. The molecule has 0 spiro atoms. The molecule has 132 valence electrons. The Morgan fingerprint density at radius 2 is 1.64 bits per heavy atom. The summed E-state index contributed by atoms with van der Waals surface area (Å²) in [5.41, 5.74) is 0.250. The molecule has 2 rings (SSSR count). The summed E-state index contributed by atoms with van der Waals surface area (Å²) in [5, 5.41) is 11.4. The first-order chi connectivity index (χ1) is 11.7. The topological polar surface area (TPSA) is 66.4 Å². The number of halogens is 2. The van der Waals surface area contributed by atoms with E-state index in [1.165, 1.54) is 36.4 Å². The van der Waals surface area contributed by atoms with E-state index in [2.05, 4.69) is 5.32 Å². The monoisotopic (exact) mass is 347 g/mol. The summed E-state index contributed by atoms with van der Waals surface area (Å²) in [4.78, 5) is 22.9. The third-order valence-electron chi connectivity index (χ3n) is 3.81. The van der Waals surface area contributed by atoms with Crippen LogP contribution in [0.5, 0.6) is 0 Å². The summed E-state index contributed by atoms with van der Waals surface area (Å²) in [7, 11) is 0. The zero-order valence-electron chi connectivity index (χ0n) is 14.0. The van der Waals surface area contributed by atoms with Gasteiger partial charge in [0.05, 0.1) is 5.56 Å². The van der Waals surface area contributed by atoms with Gasteiger partial charge in [-0.15, -0.1) is 0 Å². The fourth-order valence-corrected chi connectivity index (χ4v) is 2.38. The normalized spacial score (nSPS) is 11.2. The number of nitrogens with one attached hydrogen (secondary N) is 1. The molecule has 2 aromatic rings. The molecule has 0 heterocycles. The molecule has 0 atom stereocenters. The molecule has 0 bridgehead atoms. The number of carbonyl (C=O) groups is 2. The lowest BCUT2D eigenvalue weighted by Crippen LogP contribution is -2.44. The first-order valence-corrected chi connectivity index (χ1v) is 7.78. The van der Waals surface area contributed by atoms with E-state index in [0.29, 0.717) is 11.1 Å². The molecule has 2 N–H and O–H groups in total. The molecular weight excluding hydrogens is 328 g/mol. The third kappa shape index (κ3) is 5.11. The van der Waals surface area contributed by atoms with Gasteiger partial charge in [-0.3, -0.25) is 9.59 Å². The summed E-state index contributed by atoms with van der Waals surface area (Å²) >= 11 is 0. The van der Waals surface area contributed by atoms with Crippen LogP contribution >= 0.6 is 0 Å². The summed E-state index contributed by atoms with van der Waals surface area (Å²) in [6.07, 6.45) is 0.128. The van der Waals surface area contributed by atoms with Gasteiger partial charge in [0.1, 0.15) is 11.6 Å². The van der Waals surface area contributed by atoms with Crippen LogP contribution in [-0.2, 0) is 4.79 Å². The lowest BCUT2D eigenvalue weighted by Gasteiger charge is -2.25. The number of aliphatic carboxylic acids is 1. The fraction of sp³-hybridized carbons (Fsp3) is 0.263. The number of hydrogen-bond acceptors (Lipinski definition) is 2. The molecule has 2 aromatic carbocycles. The number of amides is 1. The van der Waals surface area contributed by atoms with Crippen LogP contribution in [0.15, 0.2) is 42.5 Å². The summed E-state index contributed by atoms with van der Waals surface area (Å²) in [6, 6.07) is 9.76. The highest BCUT2D eigenvalue weighted by atomic mass is 19.1. The number of rotatable bonds is 6. The van der Waals surface area contributed by atoms with Gasteiger partial charge in [-0.25, -0.2) is 8.78 Å². The van der Waals surface area contributed by atoms with Crippen molar-refractivity contribution in [3.63, 3.8) is 0 Å². The molecular formula is C19H19F2NO3. The average Bonchev–Trinajstić information content (AvgIpc) is 2.53. The molecule has 0 saturated heterocycles. The second-order valence-corrected chi connectivity index (χ2v) is 6.43. The van der Waals surface area contributed by atoms with Crippen LogP contribution in [0.3, 0.4) is 0 Å². The number of hydrogen-bond donors (Lipinski definition) is 2. The fourth-order valence-electron chi connectivity index (χ4n) is 2.38. The highest BCUT2D eigenvalue weighted by Crippen LogP contribution is 2.23. The molecule has 0 fully saturated rings. The lowest BCUT2D eigenvalue weighted by atomic mass is 9.97. The smallest absolute Gasteiger partial charge is 0.303 e. The minimum atomic E-state index is -0.961. The van der Waals surface area contributed by atoms with Crippen molar-refractivity contribution in [3.05, 3.63) is 59.7 Å². The maximum atomic E-state index is 14.3. The lowest BCUT2D eigenvalue weighted by molar-refractivity contribution is -0.137. The van der Waals surface area contributed by atoms with E-state index in [1.807, 2.05) is 0 Å². The number of carboxylic acids is 1. The molecule has 1 amide bonds. The maximum Gasteiger partial charge on any atom is 0.303 e. The molecule has 0 radical (unpaired) electrons. The second kappa shape index (κ2) is 7.42. The van der Waals surface area contributed by atoms with Gasteiger partial charge in [0.2, 0.25) is 0 Å². The van der Waals surface area contributed by atoms with Crippen molar-refractivity contribution >= 4 is 11.9 Å². The zero-order chi connectivity index (χ0) is 18.6. The van der Waals surface area contributed by atoms with Crippen molar-refractivity contribution in [2.24, 2.45) is 0 Å². The Morgan fingerprint density at radius 3 is 2.20 bits per heavy atom. The predicted molar refractivity (Wildman–Crippen MR) is 90.2 cm³/mol. The molecule has 0 aliphatic carbocycles. The zero-order valence-corrected chi connectivity index (χ0v) is 14.0. The summed E-state index contributed by atoms with van der Waals surface area (Å²) < 4.78 is 27.3. The Hall–Kier alpha value is -2.76. The minimum Gasteiger partial charge on any atom is -0.481 e. The maximum absolute atomic E-state index is 14.3. The molecule has 6 heteroatoms. The van der Waals surface area contributed by atoms with E-state index in [0.717, 1.165) is 0 Å². The molecule has 0 unspecified atom stereocenters. The minimum absolute atomic E-state index is 0.0979. The van der Waals surface area contributed by atoms with Gasteiger partial charge >= 0.3 is 5.97 Å². The highest BCUT2D eigenvalue weighted by Gasteiger charge is 2.23. The first-order valence-electron chi connectivity index (χ1n) is 7.78. The number of benzene rings is 2. The average molecular weight is 347 g/mol. The van der Waals surface area contributed by atoms with E-state index < -0.39 is 23.2 Å². The van der Waals surface area contributed by atoms with Crippen molar-refractivity contribution in [2.75, 3.05) is 0 Å². The van der Waals surface area contributed by atoms with Crippen LogP contribution < -0.4 is 5.32 Å². The molecule has 4 nitrogen and oxygen atoms in total. The first kappa shape index (κ1) is 18.6. The van der Waals surface area contributed by atoms with Crippen molar-refractivity contribution in [1.29, 1.82) is 0 Å².